The Labute approximate surface area is 140 Å². The number of hydrogen-bond acceptors (Lipinski definition) is 3. The summed E-state index contributed by atoms with van der Waals surface area (Å²) in [5.74, 6) is 0. The highest BCUT2D eigenvalue weighted by atomic mass is 32.1. The zero-order valence-corrected chi connectivity index (χ0v) is 13.7. The molecule has 2 aromatic rings. The third kappa shape index (κ3) is 5.67. The molecule has 0 aliphatic carbocycles. The highest BCUT2D eigenvalue weighted by Crippen LogP contribution is 2.17. The predicted molar refractivity (Wildman–Crippen MR) is 96.7 cm³/mol. The number of nitrogens with zero attached hydrogens (tertiary/aromatic N) is 1. The molecule has 2 aromatic carbocycles. The minimum Gasteiger partial charge on any atom is -0.360 e. The largest absolute Gasteiger partial charge is 0.360 e. The lowest BCUT2D eigenvalue weighted by Crippen LogP contribution is -2.36. The van der Waals surface area contributed by atoms with Crippen molar-refractivity contribution in [3.8, 4) is 0 Å². The van der Waals surface area contributed by atoms with E-state index in [9.17, 15) is 10.1 Å². The molecular weight excluding hydrogens is 310 g/mol. The Kier molecular flexibility index (Phi) is 6.05. The summed E-state index contributed by atoms with van der Waals surface area (Å²) < 4.78 is 0. The summed E-state index contributed by atoms with van der Waals surface area (Å²) in [6, 6.07) is 16.8. The first-order chi connectivity index (χ1) is 11.0. The molecule has 0 spiro atoms. The Hall–Kier alpha value is -2.47. The van der Waals surface area contributed by atoms with Gasteiger partial charge in [0.25, 0.3) is 5.69 Å². The van der Waals surface area contributed by atoms with E-state index in [1.54, 1.807) is 12.1 Å². The molecular formula is C17H19N3O2S. The molecule has 0 aromatic heterocycles. The van der Waals surface area contributed by atoms with Crippen LogP contribution in [0.5, 0.6) is 0 Å². The van der Waals surface area contributed by atoms with Crippen LogP contribution in [0.2, 0.25) is 0 Å². The van der Waals surface area contributed by atoms with Gasteiger partial charge in [0.2, 0.25) is 0 Å². The van der Waals surface area contributed by atoms with Crippen LogP contribution in [0.1, 0.15) is 18.9 Å². The van der Waals surface area contributed by atoms with E-state index >= 15 is 0 Å². The normalized spacial score (nSPS) is 11.5. The quantitative estimate of drug-likeness (QED) is 0.478. The summed E-state index contributed by atoms with van der Waals surface area (Å²) in [5, 5.41) is 17.4. The fourth-order valence-corrected chi connectivity index (χ4v) is 2.51. The van der Waals surface area contributed by atoms with Crippen molar-refractivity contribution in [1.82, 2.24) is 5.32 Å². The van der Waals surface area contributed by atoms with Crippen LogP contribution < -0.4 is 10.6 Å². The summed E-state index contributed by atoms with van der Waals surface area (Å²) in [7, 11) is 0. The number of benzene rings is 2. The molecule has 2 rings (SSSR count). The monoisotopic (exact) mass is 329 g/mol. The number of nitrogens with one attached hydrogen (secondary N) is 2. The second kappa shape index (κ2) is 8.24. The number of thiocarbonyl (C=S) groups is 1. The van der Waals surface area contributed by atoms with Crippen LogP contribution in [-0.2, 0) is 6.42 Å². The molecule has 0 bridgehead atoms. The fraction of sp³-hybridized carbons (Fsp3) is 0.235. The Morgan fingerprint density at radius 3 is 2.65 bits per heavy atom. The summed E-state index contributed by atoms with van der Waals surface area (Å²) in [6.45, 7) is 2.06. The SMILES string of the molecule is C[C@@H](CCc1ccccc1)NC(=S)Nc1cccc([N+](=O)[O-])c1. The van der Waals surface area contributed by atoms with E-state index in [2.05, 4.69) is 29.7 Å². The molecule has 0 aliphatic heterocycles. The van der Waals surface area contributed by atoms with Gasteiger partial charge in [0.05, 0.1) is 4.92 Å². The van der Waals surface area contributed by atoms with Crippen LogP contribution in [0.15, 0.2) is 54.6 Å². The first kappa shape index (κ1) is 16.9. The molecule has 5 nitrogen and oxygen atoms in total. The van der Waals surface area contributed by atoms with Gasteiger partial charge in [-0.25, -0.2) is 0 Å². The Balaban J connectivity index is 1.82. The number of hydrogen-bond donors (Lipinski definition) is 2. The lowest BCUT2D eigenvalue weighted by Gasteiger charge is -2.17. The maximum Gasteiger partial charge on any atom is 0.271 e. The molecule has 23 heavy (non-hydrogen) atoms. The Morgan fingerprint density at radius 2 is 1.96 bits per heavy atom. The average molecular weight is 329 g/mol. The Bertz CT molecular complexity index is 677. The highest BCUT2D eigenvalue weighted by molar-refractivity contribution is 7.80. The molecule has 6 heteroatoms. The van der Waals surface area contributed by atoms with Gasteiger partial charge in [-0.1, -0.05) is 36.4 Å². The molecule has 120 valence electrons. The first-order valence-corrected chi connectivity index (χ1v) is 7.81. The smallest absolute Gasteiger partial charge is 0.271 e. The maximum atomic E-state index is 10.8. The lowest BCUT2D eigenvalue weighted by molar-refractivity contribution is -0.384. The van der Waals surface area contributed by atoms with Crippen molar-refractivity contribution in [3.63, 3.8) is 0 Å². The van der Waals surface area contributed by atoms with Crippen LogP contribution in [0, 0.1) is 10.1 Å². The van der Waals surface area contributed by atoms with Crippen LogP contribution >= 0.6 is 12.2 Å². The van der Waals surface area contributed by atoms with Crippen LogP contribution in [0.3, 0.4) is 0 Å². The van der Waals surface area contributed by atoms with E-state index in [0.717, 1.165) is 12.8 Å². The second-order valence-electron chi connectivity index (χ2n) is 5.33. The van der Waals surface area contributed by atoms with Gasteiger partial charge in [-0.15, -0.1) is 0 Å². The number of anilines is 1. The minimum absolute atomic E-state index is 0.0370. The number of nitro benzene ring substituents is 1. The molecule has 0 heterocycles. The van der Waals surface area contributed by atoms with Gasteiger partial charge in [0, 0.05) is 23.9 Å². The fourth-order valence-electron chi connectivity index (χ4n) is 2.19. The van der Waals surface area contributed by atoms with Gasteiger partial charge in [0.15, 0.2) is 5.11 Å². The van der Waals surface area contributed by atoms with Crippen molar-refractivity contribution < 1.29 is 4.92 Å². The third-order valence-electron chi connectivity index (χ3n) is 3.40. The molecule has 0 saturated heterocycles. The third-order valence-corrected chi connectivity index (χ3v) is 3.62. The van der Waals surface area contributed by atoms with Crippen molar-refractivity contribution >= 4 is 28.7 Å². The van der Waals surface area contributed by atoms with Crippen molar-refractivity contribution in [2.45, 2.75) is 25.8 Å². The molecule has 0 aliphatic rings. The first-order valence-electron chi connectivity index (χ1n) is 7.40. The predicted octanol–water partition coefficient (Wildman–Crippen LogP) is 3.90. The van der Waals surface area contributed by atoms with Crippen molar-refractivity contribution in [2.75, 3.05) is 5.32 Å². The van der Waals surface area contributed by atoms with Crippen molar-refractivity contribution in [2.24, 2.45) is 0 Å². The zero-order valence-electron chi connectivity index (χ0n) is 12.9. The van der Waals surface area contributed by atoms with Crippen LogP contribution in [-0.4, -0.2) is 16.1 Å². The zero-order chi connectivity index (χ0) is 16.7. The van der Waals surface area contributed by atoms with Gasteiger partial charge < -0.3 is 10.6 Å². The lowest BCUT2D eigenvalue weighted by atomic mass is 10.1. The molecule has 0 unspecified atom stereocenters. The summed E-state index contributed by atoms with van der Waals surface area (Å²) in [5.41, 5.74) is 1.93. The molecule has 1 atom stereocenters. The summed E-state index contributed by atoms with van der Waals surface area (Å²) in [6.07, 6.45) is 1.91. The maximum absolute atomic E-state index is 10.8. The van der Waals surface area contributed by atoms with E-state index in [4.69, 9.17) is 12.2 Å². The van der Waals surface area contributed by atoms with Crippen LogP contribution in [0.25, 0.3) is 0 Å². The van der Waals surface area contributed by atoms with Gasteiger partial charge >= 0.3 is 0 Å². The van der Waals surface area contributed by atoms with Gasteiger partial charge in [0.1, 0.15) is 0 Å². The molecule has 0 radical (unpaired) electrons. The summed E-state index contributed by atoms with van der Waals surface area (Å²) in [4.78, 5) is 10.3. The highest BCUT2D eigenvalue weighted by Gasteiger charge is 2.08. The number of aryl methyl sites for hydroxylation is 1. The number of nitro groups is 1. The van der Waals surface area contributed by atoms with Gasteiger partial charge in [-0.05, 0) is 43.6 Å². The summed E-state index contributed by atoms with van der Waals surface area (Å²) >= 11 is 5.26. The molecule has 0 saturated carbocycles. The number of rotatable bonds is 6. The van der Waals surface area contributed by atoms with Crippen molar-refractivity contribution in [1.29, 1.82) is 0 Å². The minimum atomic E-state index is -0.426. The van der Waals surface area contributed by atoms with Gasteiger partial charge in [-0.2, -0.15) is 0 Å². The second-order valence-corrected chi connectivity index (χ2v) is 5.74. The topological polar surface area (TPSA) is 67.2 Å². The van der Waals surface area contributed by atoms with E-state index in [1.807, 2.05) is 18.2 Å². The van der Waals surface area contributed by atoms with Gasteiger partial charge in [-0.3, -0.25) is 10.1 Å². The van der Waals surface area contributed by atoms with E-state index < -0.39 is 4.92 Å². The standard InChI is InChI=1S/C17H19N3O2S/c1-13(10-11-14-6-3-2-4-7-14)18-17(23)19-15-8-5-9-16(12-15)20(21)22/h2-9,12-13H,10-11H2,1H3,(H2,18,19,23)/t13-/m0/s1. The number of non-ortho nitro benzene ring substituents is 1. The van der Waals surface area contributed by atoms with Crippen LogP contribution in [0.4, 0.5) is 11.4 Å². The molecule has 0 amide bonds. The molecule has 0 fully saturated rings. The van der Waals surface area contributed by atoms with E-state index in [1.165, 1.54) is 17.7 Å². The average Bonchev–Trinajstić information content (AvgIpc) is 2.54. The molecule has 2 N–H and O–H groups in total. The Morgan fingerprint density at radius 1 is 1.22 bits per heavy atom. The van der Waals surface area contributed by atoms with E-state index in [-0.39, 0.29) is 11.7 Å². The van der Waals surface area contributed by atoms with Crippen molar-refractivity contribution in [3.05, 3.63) is 70.3 Å². The van der Waals surface area contributed by atoms with E-state index in [0.29, 0.717) is 10.8 Å².